The lowest BCUT2D eigenvalue weighted by Gasteiger charge is -2.36. The third-order valence-corrected chi connectivity index (χ3v) is 2.71. The maximum Gasteiger partial charge on any atom is 0.0698 e. The number of likely N-dealkylation sites (N-methyl/N-ethyl adjacent to an activating group) is 1. The lowest BCUT2D eigenvalue weighted by Crippen LogP contribution is -2.53. The molecule has 68 valence electrons. The van der Waals surface area contributed by atoms with E-state index in [1.54, 1.807) is 0 Å². The number of thiophene rings is 1. The fourth-order valence-electron chi connectivity index (χ4n) is 1.16. The molecule has 0 spiro atoms. The average Bonchev–Trinajstić information content (AvgIpc) is 2.55. The summed E-state index contributed by atoms with van der Waals surface area (Å²) < 4.78 is 0. The van der Waals surface area contributed by atoms with Crippen LogP contribution in [-0.2, 0) is 0 Å². The quantitative estimate of drug-likeness (QED) is 0.720. The van der Waals surface area contributed by atoms with Gasteiger partial charge >= 0.3 is 0 Å². The summed E-state index contributed by atoms with van der Waals surface area (Å²) >= 11 is 1.82. The van der Waals surface area contributed by atoms with Crippen LogP contribution in [0, 0.1) is 0 Å². The Bertz CT molecular complexity index is 202. The van der Waals surface area contributed by atoms with Gasteiger partial charge in [0.15, 0.2) is 0 Å². The Morgan fingerprint density at radius 2 is 2.25 bits per heavy atom. The number of hydrogen-bond donors (Lipinski definition) is 1. The SMILES string of the molecule is CC.CN1CC(c2cccs2)N1. The minimum absolute atomic E-state index is 0.588. The van der Waals surface area contributed by atoms with E-state index in [-0.39, 0.29) is 0 Å². The van der Waals surface area contributed by atoms with Gasteiger partial charge in [-0.3, -0.25) is 0 Å². The van der Waals surface area contributed by atoms with Gasteiger partial charge in [0.1, 0.15) is 0 Å². The van der Waals surface area contributed by atoms with Crippen molar-refractivity contribution in [2.75, 3.05) is 13.6 Å². The van der Waals surface area contributed by atoms with Crippen LogP contribution in [0.1, 0.15) is 24.8 Å². The Balaban J connectivity index is 0.000000336. The zero-order valence-electron chi connectivity index (χ0n) is 7.87. The van der Waals surface area contributed by atoms with Gasteiger partial charge in [-0.15, -0.1) is 11.3 Å². The minimum Gasteiger partial charge on any atom is -0.246 e. The lowest BCUT2D eigenvalue weighted by atomic mass is 10.2. The highest BCUT2D eigenvalue weighted by atomic mass is 32.1. The zero-order valence-corrected chi connectivity index (χ0v) is 8.69. The summed E-state index contributed by atoms with van der Waals surface area (Å²) in [6.07, 6.45) is 0. The Morgan fingerprint density at radius 1 is 1.58 bits per heavy atom. The van der Waals surface area contributed by atoms with E-state index in [2.05, 4.69) is 35.0 Å². The number of rotatable bonds is 1. The molecular formula is C9H16N2S. The molecule has 3 heteroatoms. The summed E-state index contributed by atoms with van der Waals surface area (Å²) in [6.45, 7) is 5.14. The molecule has 1 aromatic heterocycles. The molecule has 1 aliphatic rings. The number of nitrogens with zero attached hydrogens (tertiary/aromatic N) is 1. The van der Waals surface area contributed by atoms with E-state index in [9.17, 15) is 0 Å². The zero-order chi connectivity index (χ0) is 8.97. The van der Waals surface area contributed by atoms with Crippen molar-refractivity contribution in [3.63, 3.8) is 0 Å². The van der Waals surface area contributed by atoms with Crippen molar-refractivity contribution in [1.82, 2.24) is 10.4 Å². The van der Waals surface area contributed by atoms with Gasteiger partial charge in [-0.2, -0.15) is 0 Å². The van der Waals surface area contributed by atoms with Gasteiger partial charge in [-0.1, -0.05) is 19.9 Å². The van der Waals surface area contributed by atoms with Crippen molar-refractivity contribution < 1.29 is 0 Å². The van der Waals surface area contributed by atoms with E-state index in [0.717, 1.165) is 6.54 Å². The molecule has 2 heterocycles. The van der Waals surface area contributed by atoms with E-state index in [4.69, 9.17) is 0 Å². The minimum atomic E-state index is 0.588. The van der Waals surface area contributed by atoms with Gasteiger partial charge in [-0.05, 0) is 11.4 Å². The Morgan fingerprint density at radius 3 is 2.67 bits per heavy atom. The molecule has 12 heavy (non-hydrogen) atoms. The van der Waals surface area contributed by atoms with E-state index in [1.165, 1.54) is 4.88 Å². The summed E-state index contributed by atoms with van der Waals surface area (Å²) in [7, 11) is 2.06. The van der Waals surface area contributed by atoms with Crippen LogP contribution in [0.4, 0.5) is 0 Å². The molecule has 0 saturated carbocycles. The largest absolute Gasteiger partial charge is 0.246 e. The fourth-order valence-corrected chi connectivity index (χ4v) is 1.93. The van der Waals surface area contributed by atoms with Crippen molar-refractivity contribution >= 4 is 11.3 Å². The third-order valence-electron chi connectivity index (χ3n) is 1.72. The summed E-state index contributed by atoms with van der Waals surface area (Å²) in [6, 6.07) is 4.86. The van der Waals surface area contributed by atoms with Crippen LogP contribution in [0.25, 0.3) is 0 Å². The highest BCUT2D eigenvalue weighted by Crippen LogP contribution is 2.24. The van der Waals surface area contributed by atoms with Crippen LogP contribution in [0.15, 0.2) is 17.5 Å². The van der Waals surface area contributed by atoms with Crippen molar-refractivity contribution in [3.8, 4) is 0 Å². The topological polar surface area (TPSA) is 15.3 Å². The van der Waals surface area contributed by atoms with Crippen LogP contribution in [0.5, 0.6) is 0 Å². The number of hydrogen-bond acceptors (Lipinski definition) is 3. The average molecular weight is 184 g/mol. The molecule has 1 fully saturated rings. The van der Waals surface area contributed by atoms with Gasteiger partial charge < -0.3 is 0 Å². The van der Waals surface area contributed by atoms with Crippen molar-refractivity contribution in [1.29, 1.82) is 0 Å². The summed E-state index contributed by atoms with van der Waals surface area (Å²) in [5.74, 6) is 0. The Kier molecular flexibility index (Phi) is 3.72. The van der Waals surface area contributed by atoms with Gasteiger partial charge in [-0.25, -0.2) is 10.4 Å². The molecule has 0 bridgehead atoms. The molecule has 1 aromatic rings. The normalized spacial score (nSPS) is 22.4. The predicted octanol–water partition coefficient (Wildman–Crippen LogP) is 2.27. The van der Waals surface area contributed by atoms with Gasteiger partial charge in [0.2, 0.25) is 0 Å². The van der Waals surface area contributed by atoms with Crippen LogP contribution < -0.4 is 5.43 Å². The van der Waals surface area contributed by atoms with E-state index in [0.29, 0.717) is 6.04 Å². The van der Waals surface area contributed by atoms with E-state index in [1.807, 2.05) is 25.2 Å². The molecule has 0 amide bonds. The first kappa shape index (κ1) is 9.71. The molecule has 1 atom stereocenters. The molecule has 1 aliphatic heterocycles. The smallest absolute Gasteiger partial charge is 0.0698 e. The van der Waals surface area contributed by atoms with Gasteiger partial charge in [0.05, 0.1) is 6.04 Å². The van der Waals surface area contributed by atoms with Gasteiger partial charge in [0, 0.05) is 18.5 Å². The fraction of sp³-hybridized carbons (Fsp3) is 0.556. The first-order chi connectivity index (χ1) is 5.86. The highest BCUT2D eigenvalue weighted by molar-refractivity contribution is 7.10. The molecule has 2 nitrogen and oxygen atoms in total. The first-order valence-corrected chi connectivity index (χ1v) is 5.25. The third kappa shape index (κ3) is 2.06. The van der Waals surface area contributed by atoms with E-state index >= 15 is 0 Å². The second-order valence-electron chi connectivity index (χ2n) is 2.58. The molecule has 0 aromatic carbocycles. The van der Waals surface area contributed by atoms with Crippen molar-refractivity contribution in [2.45, 2.75) is 19.9 Å². The first-order valence-electron chi connectivity index (χ1n) is 4.37. The van der Waals surface area contributed by atoms with Crippen molar-refractivity contribution in [2.24, 2.45) is 0 Å². The van der Waals surface area contributed by atoms with Crippen molar-refractivity contribution in [3.05, 3.63) is 22.4 Å². The second-order valence-corrected chi connectivity index (χ2v) is 3.56. The monoisotopic (exact) mass is 184 g/mol. The predicted molar refractivity (Wildman–Crippen MR) is 54.2 cm³/mol. The number of hydrazine groups is 1. The molecule has 1 N–H and O–H groups in total. The molecule has 0 aliphatic carbocycles. The molecule has 1 saturated heterocycles. The van der Waals surface area contributed by atoms with Gasteiger partial charge in [0.25, 0.3) is 0 Å². The van der Waals surface area contributed by atoms with Crippen LogP contribution in [-0.4, -0.2) is 18.6 Å². The highest BCUT2D eigenvalue weighted by Gasteiger charge is 2.24. The maximum absolute atomic E-state index is 3.29. The molecule has 0 radical (unpaired) electrons. The van der Waals surface area contributed by atoms with Crippen LogP contribution >= 0.6 is 11.3 Å². The summed E-state index contributed by atoms with van der Waals surface area (Å²) in [5.41, 5.74) is 3.29. The van der Waals surface area contributed by atoms with Crippen LogP contribution in [0.2, 0.25) is 0 Å². The molecular weight excluding hydrogens is 168 g/mol. The summed E-state index contributed by atoms with van der Waals surface area (Å²) in [4.78, 5) is 1.44. The number of nitrogens with one attached hydrogen (secondary N) is 1. The second kappa shape index (κ2) is 4.60. The van der Waals surface area contributed by atoms with Crippen LogP contribution in [0.3, 0.4) is 0 Å². The molecule has 1 unspecified atom stereocenters. The lowest BCUT2D eigenvalue weighted by molar-refractivity contribution is 0.0761. The Hall–Kier alpha value is -0.380. The molecule has 2 rings (SSSR count). The van der Waals surface area contributed by atoms with E-state index < -0.39 is 0 Å². The maximum atomic E-state index is 3.29. The Labute approximate surface area is 78.2 Å². The summed E-state index contributed by atoms with van der Waals surface area (Å²) in [5, 5.41) is 4.22. The standard InChI is InChI=1S/C7H10N2S.C2H6/c1-9-5-6(8-9)7-3-2-4-10-7;1-2/h2-4,6,8H,5H2,1H3;1-2H3.